The molecule has 4 rings (SSSR count). The van der Waals surface area contributed by atoms with Crippen LogP contribution in [0.25, 0.3) is 0 Å². The topological polar surface area (TPSA) is 83.8 Å². The predicted molar refractivity (Wildman–Crippen MR) is 161 cm³/mol. The second kappa shape index (κ2) is 12.2. The number of allylic oxidation sites excluding steroid dienone is 4. The van der Waals surface area contributed by atoms with Gasteiger partial charge in [0.25, 0.3) is 0 Å². The first-order valence-electron chi connectivity index (χ1n) is 15.2. The van der Waals surface area contributed by atoms with Crippen molar-refractivity contribution in [3.8, 4) is 0 Å². The Labute approximate surface area is 242 Å². The molecule has 3 aliphatic carbocycles. The first-order valence-corrected chi connectivity index (χ1v) is 16.8. The summed E-state index contributed by atoms with van der Waals surface area (Å²) in [6, 6.07) is 7.39. The molecule has 222 valence electrons. The van der Waals surface area contributed by atoms with Crippen LogP contribution in [0.4, 0.5) is 0 Å². The van der Waals surface area contributed by atoms with Gasteiger partial charge in [0.15, 0.2) is 9.84 Å². The van der Waals surface area contributed by atoms with Gasteiger partial charge in [-0.05, 0) is 105 Å². The number of fused-ring (bicyclic) bond motifs is 1. The van der Waals surface area contributed by atoms with E-state index in [1.165, 1.54) is 5.57 Å². The van der Waals surface area contributed by atoms with Crippen molar-refractivity contribution in [3.63, 3.8) is 0 Å². The fraction of sp³-hybridized carbons (Fsp3) is 0.647. The van der Waals surface area contributed by atoms with Gasteiger partial charge in [-0.2, -0.15) is 0 Å². The van der Waals surface area contributed by atoms with Gasteiger partial charge in [-0.15, -0.1) is 0 Å². The molecule has 2 N–H and O–H groups in total. The quantitative estimate of drug-likeness (QED) is 0.178. The average molecular weight is 571 g/mol. The van der Waals surface area contributed by atoms with Crippen LogP contribution >= 0.6 is 0 Å². The van der Waals surface area contributed by atoms with Gasteiger partial charge in [-0.3, -0.25) is 0 Å². The lowest BCUT2D eigenvalue weighted by molar-refractivity contribution is -0.394. The molecule has 0 saturated heterocycles. The Bertz CT molecular complexity index is 1230. The SMILES string of the molecule is C=C1CC[C@](O)(OO)C/C1=C/C=C1CCC[C@@]2(C)C1CC[C@@H]2[C@H](C)C(CCC(C)C)S(=O)(=O)c1ccc(C)cc1. The van der Waals surface area contributed by atoms with Crippen LogP contribution in [0.2, 0.25) is 0 Å². The van der Waals surface area contributed by atoms with Crippen molar-refractivity contribution in [1.82, 2.24) is 0 Å². The third kappa shape index (κ3) is 6.35. The molecule has 3 saturated carbocycles. The molecule has 40 heavy (non-hydrogen) atoms. The largest absolute Gasteiger partial charge is 0.363 e. The molecule has 3 aliphatic rings. The first-order chi connectivity index (χ1) is 18.8. The highest BCUT2D eigenvalue weighted by molar-refractivity contribution is 7.92. The normalized spacial score (nSPS) is 33.0. The van der Waals surface area contributed by atoms with E-state index in [0.717, 1.165) is 55.2 Å². The number of rotatable bonds is 9. The van der Waals surface area contributed by atoms with Crippen LogP contribution in [-0.2, 0) is 14.7 Å². The Hall–Kier alpha value is -1.73. The van der Waals surface area contributed by atoms with E-state index in [9.17, 15) is 18.8 Å². The molecule has 6 atom stereocenters. The third-order valence-corrected chi connectivity index (χ3v) is 12.8. The number of aliphatic hydroxyl groups is 1. The molecule has 0 heterocycles. The lowest BCUT2D eigenvalue weighted by Gasteiger charge is -2.45. The minimum atomic E-state index is -3.46. The van der Waals surface area contributed by atoms with Gasteiger partial charge in [0.05, 0.1) is 10.1 Å². The maximum absolute atomic E-state index is 14.1. The fourth-order valence-electron chi connectivity index (χ4n) is 7.98. The fourth-order valence-corrected chi connectivity index (χ4v) is 10.0. The molecule has 5 nitrogen and oxygen atoms in total. The minimum Gasteiger partial charge on any atom is -0.363 e. The van der Waals surface area contributed by atoms with E-state index in [2.05, 4.69) is 51.3 Å². The summed E-state index contributed by atoms with van der Waals surface area (Å²) in [7, 11) is -3.46. The lowest BCUT2D eigenvalue weighted by atomic mass is 9.60. The van der Waals surface area contributed by atoms with Gasteiger partial charge in [-0.1, -0.05) is 75.3 Å². The Morgan fingerprint density at radius 1 is 1.07 bits per heavy atom. The third-order valence-electron chi connectivity index (χ3n) is 10.4. The van der Waals surface area contributed by atoms with Crippen LogP contribution in [0.1, 0.15) is 97.5 Å². The molecule has 1 aromatic carbocycles. The van der Waals surface area contributed by atoms with E-state index >= 15 is 0 Å². The van der Waals surface area contributed by atoms with E-state index in [1.54, 1.807) is 12.1 Å². The van der Waals surface area contributed by atoms with Crippen LogP contribution in [-0.4, -0.2) is 29.8 Å². The van der Waals surface area contributed by atoms with Crippen LogP contribution in [0.3, 0.4) is 0 Å². The highest BCUT2D eigenvalue weighted by atomic mass is 32.2. The van der Waals surface area contributed by atoms with Gasteiger partial charge in [-0.25, -0.2) is 18.6 Å². The van der Waals surface area contributed by atoms with Gasteiger partial charge >= 0.3 is 0 Å². The molecule has 3 fully saturated rings. The molecule has 1 aromatic rings. The minimum absolute atomic E-state index is 0.0550. The maximum Gasteiger partial charge on any atom is 0.203 e. The second-order valence-corrected chi connectivity index (χ2v) is 15.7. The van der Waals surface area contributed by atoms with Gasteiger partial charge in [0, 0.05) is 12.8 Å². The van der Waals surface area contributed by atoms with E-state index in [-0.39, 0.29) is 17.8 Å². The van der Waals surface area contributed by atoms with Crippen molar-refractivity contribution in [2.45, 2.75) is 115 Å². The van der Waals surface area contributed by atoms with Gasteiger partial charge < -0.3 is 5.11 Å². The summed E-state index contributed by atoms with van der Waals surface area (Å²) in [6.07, 6.45) is 12.4. The zero-order valence-corrected chi connectivity index (χ0v) is 26.0. The van der Waals surface area contributed by atoms with Crippen molar-refractivity contribution in [2.24, 2.45) is 29.1 Å². The zero-order chi connectivity index (χ0) is 29.3. The molecule has 6 heteroatoms. The number of hydrogen-bond acceptors (Lipinski definition) is 5. The van der Waals surface area contributed by atoms with Crippen molar-refractivity contribution in [1.29, 1.82) is 0 Å². The monoisotopic (exact) mass is 570 g/mol. The molecule has 0 bridgehead atoms. The summed E-state index contributed by atoms with van der Waals surface area (Å²) in [4.78, 5) is 4.85. The molecular weight excluding hydrogens is 520 g/mol. The Balaban J connectivity index is 1.61. The number of benzene rings is 1. The second-order valence-electron chi connectivity index (χ2n) is 13.6. The average Bonchev–Trinajstić information content (AvgIpc) is 3.26. The Morgan fingerprint density at radius 3 is 2.42 bits per heavy atom. The molecule has 2 unspecified atom stereocenters. The van der Waals surface area contributed by atoms with Crippen LogP contribution in [0.15, 0.2) is 64.6 Å². The van der Waals surface area contributed by atoms with Crippen molar-refractivity contribution < 1.29 is 23.7 Å². The number of aryl methyl sites for hydroxylation is 1. The maximum atomic E-state index is 14.1. The van der Waals surface area contributed by atoms with Gasteiger partial charge in [0.1, 0.15) is 0 Å². The Kier molecular flexibility index (Phi) is 9.56. The number of hydrogen-bond donors (Lipinski definition) is 2. The lowest BCUT2D eigenvalue weighted by Crippen LogP contribution is -2.41. The summed E-state index contributed by atoms with van der Waals surface area (Å²) >= 11 is 0. The molecule has 0 radical (unpaired) electrons. The van der Waals surface area contributed by atoms with E-state index in [4.69, 9.17) is 0 Å². The summed E-state index contributed by atoms with van der Waals surface area (Å²) in [5.41, 5.74) is 4.44. The van der Waals surface area contributed by atoms with Crippen molar-refractivity contribution in [3.05, 3.63) is 65.3 Å². The summed E-state index contributed by atoms with van der Waals surface area (Å²) in [5, 5.41) is 19.3. The summed E-state index contributed by atoms with van der Waals surface area (Å²) in [6.45, 7) is 15.1. The van der Waals surface area contributed by atoms with Crippen molar-refractivity contribution in [2.75, 3.05) is 0 Å². The van der Waals surface area contributed by atoms with E-state index < -0.39 is 20.9 Å². The van der Waals surface area contributed by atoms with E-state index in [0.29, 0.717) is 41.9 Å². The molecule has 0 aromatic heterocycles. The van der Waals surface area contributed by atoms with Crippen molar-refractivity contribution >= 4 is 9.84 Å². The first kappa shape index (κ1) is 31.2. The zero-order valence-electron chi connectivity index (χ0n) is 25.2. The summed E-state index contributed by atoms with van der Waals surface area (Å²) < 4.78 is 28.2. The van der Waals surface area contributed by atoms with Crippen LogP contribution < -0.4 is 0 Å². The predicted octanol–water partition coefficient (Wildman–Crippen LogP) is 8.20. The highest BCUT2D eigenvalue weighted by Gasteiger charge is 2.53. The summed E-state index contributed by atoms with van der Waals surface area (Å²) in [5.74, 6) is -0.274. The molecular formula is C34H50O5S. The molecule has 0 aliphatic heterocycles. The van der Waals surface area contributed by atoms with Crippen LogP contribution in [0, 0.1) is 36.0 Å². The number of sulfone groups is 1. The van der Waals surface area contributed by atoms with Crippen LogP contribution in [0.5, 0.6) is 0 Å². The Morgan fingerprint density at radius 2 is 1.77 bits per heavy atom. The van der Waals surface area contributed by atoms with E-state index in [1.807, 2.05) is 19.1 Å². The molecule has 0 amide bonds. The standard InChI is InChI=1S/C34H50O5S/c1-23(2)9-18-32(40(37,38)29-14-10-24(3)11-15-29)26(5)30-16-17-31-27(8-7-20-33(30,31)6)12-13-28-22-34(35,39-36)21-19-25(28)4/h10-15,23,26,30-32,35-36H,4,7-9,16-22H2,1-3,5-6H3/b27-12?,28-13-/t26-,30+,31?,32?,33+,34-/m0/s1. The highest BCUT2D eigenvalue weighted by Crippen LogP contribution is 2.60. The smallest absolute Gasteiger partial charge is 0.203 e. The molecule has 0 spiro atoms. The van der Waals surface area contributed by atoms with Gasteiger partial charge in [0.2, 0.25) is 5.79 Å².